The highest BCUT2D eigenvalue weighted by Crippen LogP contribution is 2.22. The smallest absolute Gasteiger partial charge is 0.432 e. The topological polar surface area (TPSA) is 62.6 Å². The number of pyridine rings is 1. The number of methoxy groups -OCH3 is 1. The molecule has 0 fully saturated rings. The molecule has 6 heteroatoms. The van der Waals surface area contributed by atoms with Crippen LogP contribution in [0.15, 0.2) is 48.8 Å². The van der Waals surface area contributed by atoms with Gasteiger partial charge < -0.3 is 14.8 Å². The van der Waals surface area contributed by atoms with E-state index in [1.807, 2.05) is 42.6 Å². The number of ether oxygens (including phenoxy) is 1. The van der Waals surface area contributed by atoms with Crippen LogP contribution < -0.4 is 4.74 Å². The number of benzene rings is 1. The Kier molecular flexibility index (Phi) is 8.65. The minimum absolute atomic E-state index is 0. The second-order valence-electron chi connectivity index (χ2n) is 3.12. The molecule has 18 heavy (non-hydrogen) atoms. The lowest BCUT2D eigenvalue weighted by atomic mass is 10.1. The normalized spacial score (nSPS) is 8.39. The van der Waals surface area contributed by atoms with Gasteiger partial charge in [0.25, 0.3) is 0 Å². The molecular weight excluding hydrogens is 252 g/mol. The molecule has 96 valence electrons. The Morgan fingerprint density at radius 3 is 2.33 bits per heavy atom. The summed E-state index contributed by atoms with van der Waals surface area (Å²) in [5, 5.41) is 14.2. The van der Waals surface area contributed by atoms with E-state index in [1.165, 1.54) is 0 Å². The van der Waals surface area contributed by atoms with Gasteiger partial charge in [-0.15, -0.1) is 12.4 Å². The number of halogens is 1. The molecule has 0 aliphatic rings. The Morgan fingerprint density at radius 2 is 1.78 bits per heavy atom. The van der Waals surface area contributed by atoms with Crippen LogP contribution in [0.25, 0.3) is 11.1 Å². The Balaban J connectivity index is 0.000000660. The summed E-state index contributed by atoms with van der Waals surface area (Å²) in [7, 11) is 0.919. The lowest BCUT2D eigenvalue weighted by Gasteiger charge is -2.03. The molecule has 2 aromatic rings. The van der Waals surface area contributed by atoms with Crippen molar-refractivity contribution >= 4 is 20.1 Å². The van der Waals surface area contributed by atoms with Gasteiger partial charge in [-0.05, 0) is 23.8 Å². The maximum atomic E-state index is 7.12. The van der Waals surface area contributed by atoms with Crippen LogP contribution in [0.5, 0.6) is 5.75 Å². The molecule has 0 radical (unpaired) electrons. The first-order chi connectivity index (χ1) is 8.31. The highest BCUT2D eigenvalue weighted by Gasteiger charge is 1.97. The van der Waals surface area contributed by atoms with Crippen LogP contribution in [0, 0.1) is 0 Å². The molecule has 1 heterocycles. The van der Waals surface area contributed by atoms with E-state index in [9.17, 15) is 0 Å². The molecule has 2 rings (SSSR count). The van der Waals surface area contributed by atoms with Gasteiger partial charge in [-0.2, -0.15) is 0 Å². The standard InChI is InChI=1S/C12H11NO.BH3O2.ClH/c1-14-12-6-2-4-10(8-12)11-5-3-7-13-9-11;2-1-3;/h2-9H,1H3;1-3H;1H. The molecule has 0 aliphatic carbocycles. The molecule has 0 unspecified atom stereocenters. The van der Waals surface area contributed by atoms with Gasteiger partial charge in [-0.25, -0.2) is 0 Å². The van der Waals surface area contributed by atoms with Crippen molar-refractivity contribution in [2.45, 2.75) is 0 Å². The van der Waals surface area contributed by atoms with Crippen molar-refractivity contribution in [1.29, 1.82) is 0 Å². The number of rotatable bonds is 2. The molecule has 1 aromatic heterocycles. The zero-order valence-corrected chi connectivity index (χ0v) is 10.8. The summed E-state index contributed by atoms with van der Waals surface area (Å²) in [4.78, 5) is 4.08. The van der Waals surface area contributed by atoms with Gasteiger partial charge in [0.15, 0.2) is 0 Å². The fraction of sp³-hybridized carbons (Fsp3) is 0.0833. The predicted octanol–water partition coefficient (Wildman–Crippen LogP) is 1.42. The fourth-order valence-corrected chi connectivity index (χ4v) is 1.34. The van der Waals surface area contributed by atoms with Crippen LogP contribution in [-0.4, -0.2) is 29.8 Å². The van der Waals surface area contributed by atoms with Gasteiger partial charge >= 0.3 is 7.69 Å². The molecule has 0 amide bonds. The minimum Gasteiger partial charge on any atom is -0.497 e. The second kappa shape index (κ2) is 9.47. The molecule has 0 saturated heterocycles. The number of hydrogen-bond donors (Lipinski definition) is 2. The minimum atomic E-state index is -0.750. The van der Waals surface area contributed by atoms with E-state index in [4.69, 9.17) is 14.8 Å². The van der Waals surface area contributed by atoms with Gasteiger partial charge in [-0.3, -0.25) is 4.98 Å². The SMILES string of the molecule is COc1cccc(-c2cccnc2)c1.Cl.OBO. The quantitative estimate of drug-likeness (QED) is 0.808. The number of nitrogens with zero attached hydrogens (tertiary/aromatic N) is 1. The maximum Gasteiger partial charge on any atom is 0.432 e. The molecule has 4 nitrogen and oxygen atoms in total. The Bertz CT molecular complexity index is 442. The molecule has 0 saturated carbocycles. The summed E-state index contributed by atoms with van der Waals surface area (Å²) in [6.07, 6.45) is 3.61. The summed E-state index contributed by atoms with van der Waals surface area (Å²) in [6, 6.07) is 11.9. The van der Waals surface area contributed by atoms with Gasteiger partial charge in [0, 0.05) is 18.0 Å². The Morgan fingerprint density at radius 1 is 1.11 bits per heavy atom. The molecule has 1 aromatic carbocycles. The van der Waals surface area contributed by atoms with Gasteiger partial charge in [0.05, 0.1) is 7.11 Å². The van der Waals surface area contributed by atoms with Crippen molar-refractivity contribution in [3.63, 3.8) is 0 Å². The van der Waals surface area contributed by atoms with Crippen LogP contribution in [0.1, 0.15) is 0 Å². The van der Waals surface area contributed by atoms with Crippen molar-refractivity contribution in [2.75, 3.05) is 7.11 Å². The van der Waals surface area contributed by atoms with Crippen LogP contribution >= 0.6 is 12.4 Å². The summed E-state index contributed by atoms with van der Waals surface area (Å²) < 4.78 is 5.16. The Hall–Kier alpha value is -1.56. The van der Waals surface area contributed by atoms with Gasteiger partial charge in [-0.1, -0.05) is 18.2 Å². The molecular formula is C12H15BClNO3. The van der Waals surface area contributed by atoms with Crippen LogP contribution in [0.4, 0.5) is 0 Å². The average molecular weight is 268 g/mol. The summed E-state index contributed by atoms with van der Waals surface area (Å²) in [6.45, 7) is 0. The van der Waals surface area contributed by atoms with Crippen LogP contribution in [0.3, 0.4) is 0 Å². The third-order valence-corrected chi connectivity index (χ3v) is 2.06. The second-order valence-corrected chi connectivity index (χ2v) is 3.12. The van der Waals surface area contributed by atoms with Crippen molar-refractivity contribution in [3.8, 4) is 16.9 Å². The summed E-state index contributed by atoms with van der Waals surface area (Å²) in [5.41, 5.74) is 2.23. The first kappa shape index (κ1) is 16.4. The largest absolute Gasteiger partial charge is 0.497 e. The van der Waals surface area contributed by atoms with E-state index in [0.29, 0.717) is 0 Å². The molecule has 0 aliphatic heterocycles. The molecule has 2 N–H and O–H groups in total. The van der Waals surface area contributed by atoms with E-state index in [0.717, 1.165) is 16.9 Å². The summed E-state index contributed by atoms with van der Waals surface area (Å²) >= 11 is 0. The highest BCUT2D eigenvalue weighted by atomic mass is 35.5. The lowest BCUT2D eigenvalue weighted by molar-refractivity contribution is 0.415. The zero-order valence-electron chi connectivity index (χ0n) is 9.98. The monoisotopic (exact) mass is 267 g/mol. The van der Waals surface area contributed by atoms with Crippen molar-refractivity contribution in [1.82, 2.24) is 4.98 Å². The zero-order chi connectivity index (χ0) is 12.5. The average Bonchev–Trinajstić information content (AvgIpc) is 2.41. The van der Waals surface area contributed by atoms with E-state index < -0.39 is 7.69 Å². The van der Waals surface area contributed by atoms with E-state index >= 15 is 0 Å². The number of aromatic nitrogens is 1. The maximum absolute atomic E-state index is 7.12. The third-order valence-electron chi connectivity index (χ3n) is 2.06. The lowest BCUT2D eigenvalue weighted by Crippen LogP contribution is -1.83. The van der Waals surface area contributed by atoms with E-state index in [1.54, 1.807) is 13.3 Å². The highest BCUT2D eigenvalue weighted by molar-refractivity contribution is 6.13. The van der Waals surface area contributed by atoms with Gasteiger partial charge in [0.2, 0.25) is 0 Å². The first-order valence-corrected chi connectivity index (χ1v) is 5.08. The Labute approximate surface area is 113 Å². The summed E-state index contributed by atoms with van der Waals surface area (Å²) in [5.74, 6) is 0.867. The molecule has 0 atom stereocenters. The first-order valence-electron chi connectivity index (χ1n) is 5.08. The van der Waals surface area contributed by atoms with Crippen molar-refractivity contribution in [2.24, 2.45) is 0 Å². The van der Waals surface area contributed by atoms with Crippen LogP contribution in [0.2, 0.25) is 0 Å². The van der Waals surface area contributed by atoms with Crippen molar-refractivity contribution in [3.05, 3.63) is 48.8 Å². The van der Waals surface area contributed by atoms with E-state index in [2.05, 4.69) is 4.98 Å². The van der Waals surface area contributed by atoms with Crippen molar-refractivity contribution < 1.29 is 14.8 Å². The van der Waals surface area contributed by atoms with E-state index in [-0.39, 0.29) is 12.4 Å². The van der Waals surface area contributed by atoms with Crippen LogP contribution in [-0.2, 0) is 0 Å². The molecule has 0 spiro atoms. The number of hydrogen-bond acceptors (Lipinski definition) is 4. The third kappa shape index (κ3) is 5.18. The predicted molar refractivity (Wildman–Crippen MR) is 75.1 cm³/mol. The fourth-order valence-electron chi connectivity index (χ4n) is 1.34. The van der Waals surface area contributed by atoms with Gasteiger partial charge in [0.1, 0.15) is 5.75 Å². The molecule has 0 bridgehead atoms.